The zero-order valence-electron chi connectivity index (χ0n) is 11.5. The summed E-state index contributed by atoms with van der Waals surface area (Å²) in [5.41, 5.74) is 0. The molecule has 1 aliphatic rings. The Bertz CT molecular complexity index is 286. The number of piperidine rings is 1. The van der Waals surface area contributed by atoms with Crippen LogP contribution in [0.4, 0.5) is 0 Å². The van der Waals surface area contributed by atoms with E-state index in [1.165, 1.54) is 0 Å². The first-order chi connectivity index (χ1) is 8.56. The van der Waals surface area contributed by atoms with Gasteiger partial charge in [0.15, 0.2) is 0 Å². The summed E-state index contributed by atoms with van der Waals surface area (Å²) >= 11 is 0. The Balaban J connectivity index is 2.54. The first-order valence-corrected chi connectivity index (χ1v) is 6.74. The summed E-state index contributed by atoms with van der Waals surface area (Å²) in [7, 11) is 0. The number of carbonyl (C=O) groups excluding carboxylic acids is 2. The van der Waals surface area contributed by atoms with Crippen molar-refractivity contribution in [1.29, 1.82) is 0 Å². The van der Waals surface area contributed by atoms with E-state index >= 15 is 0 Å². The minimum absolute atomic E-state index is 0.0157. The van der Waals surface area contributed by atoms with Gasteiger partial charge in [0.05, 0.1) is 6.61 Å². The molecule has 0 aromatic carbocycles. The van der Waals surface area contributed by atoms with Crippen molar-refractivity contribution in [2.24, 2.45) is 11.8 Å². The summed E-state index contributed by atoms with van der Waals surface area (Å²) in [6, 6.07) is -0.535. The van der Waals surface area contributed by atoms with Gasteiger partial charge in [-0.2, -0.15) is 0 Å². The highest BCUT2D eigenvalue weighted by atomic mass is 16.5. The van der Waals surface area contributed by atoms with Crippen LogP contribution in [-0.2, 0) is 14.3 Å². The second kappa shape index (κ2) is 7.36. The Labute approximate surface area is 109 Å². The molecule has 1 aliphatic heterocycles. The van der Waals surface area contributed by atoms with Crippen LogP contribution in [0.2, 0.25) is 0 Å². The minimum Gasteiger partial charge on any atom is -0.464 e. The molecule has 104 valence electrons. The summed E-state index contributed by atoms with van der Waals surface area (Å²) in [5.74, 6) is -0.310. The molecule has 1 atom stereocenters. The predicted octanol–water partition coefficient (Wildman–Crippen LogP) is 0.690. The highest BCUT2D eigenvalue weighted by Crippen LogP contribution is 2.13. The standard InChI is InChI=1S/C13H24N2O3/c1-4-18-13(17)11(9(2)3)15-12(16)10-5-7-14-8-6-10/h9-11,14H,4-8H2,1-3H3,(H,15,16)/t11-/m0/s1. The molecule has 1 fully saturated rings. The van der Waals surface area contributed by atoms with Gasteiger partial charge in [0, 0.05) is 5.92 Å². The van der Waals surface area contributed by atoms with Crippen molar-refractivity contribution in [3.05, 3.63) is 0 Å². The maximum absolute atomic E-state index is 12.1. The van der Waals surface area contributed by atoms with Gasteiger partial charge in [-0.3, -0.25) is 4.79 Å². The van der Waals surface area contributed by atoms with Crippen LogP contribution in [0, 0.1) is 11.8 Å². The highest BCUT2D eigenvalue weighted by Gasteiger charge is 2.29. The van der Waals surface area contributed by atoms with E-state index < -0.39 is 6.04 Å². The Morgan fingerprint density at radius 2 is 1.94 bits per heavy atom. The van der Waals surface area contributed by atoms with Gasteiger partial charge < -0.3 is 15.4 Å². The molecule has 0 aliphatic carbocycles. The van der Waals surface area contributed by atoms with E-state index in [9.17, 15) is 9.59 Å². The van der Waals surface area contributed by atoms with Gasteiger partial charge in [-0.1, -0.05) is 13.8 Å². The Kier molecular flexibility index (Phi) is 6.12. The normalized spacial score (nSPS) is 18.4. The van der Waals surface area contributed by atoms with Crippen molar-refractivity contribution in [3.63, 3.8) is 0 Å². The third-order valence-electron chi connectivity index (χ3n) is 3.21. The molecular weight excluding hydrogens is 232 g/mol. The van der Waals surface area contributed by atoms with Gasteiger partial charge in [0.1, 0.15) is 6.04 Å². The Morgan fingerprint density at radius 1 is 1.33 bits per heavy atom. The first kappa shape index (κ1) is 15.0. The number of amides is 1. The lowest BCUT2D eigenvalue weighted by molar-refractivity contribution is -0.149. The predicted molar refractivity (Wildman–Crippen MR) is 69.0 cm³/mol. The zero-order chi connectivity index (χ0) is 13.5. The van der Waals surface area contributed by atoms with Crippen LogP contribution in [0.15, 0.2) is 0 Å². The molecule has 0 aromatic rings. The molecule has 0 radical (unpaired) electrons. The molecule has 0 unspecified atom stereocenters. The molecule has 18 heavy (non-hydrogen) atoms. The largest absolute Gasteiger partial charge is 0.464 e. The number of esters is 1. The van der Waals surface area contributed by atoms with Crippen LogP contribution in [0.1, 0.15) is 33.6 Å². The average molecular weight is 256 g/mol. The Hall–Kier alpha value is -1.10. The lowest BCUT2D eigenvalue weighted by Crippen LogP contribution is -2.49. The molecular formula is C13H24N2O3. The second-order valence-electron chi connectivity index (χ2n) is 5.01. The SMILES string of the molecule is CCOC(=O)[C@@H](NC(=O)C1CCNCC1)C(C)C. The van der Waals surface area contributed by atoms with E-state index in [-0.39, 0.29) is 23.7 Å². The number of hydrogen-bond donors (Lipinski definition) is 2. The van der Waals surface area contributed by atoms with Crippen LogP contribution in [0.5, 0.6) is 0 Å². The smallest absolute Gasteiger partial charge is 0.328 e. The molecule has 1 rings (SSSR count). The first-order valence-electron chi connectivity index (χ1n) is 6.74. The average Bonchev–Trinajstić information content (AvgIpc) is 2.36. The minimum atomic E-state index is -0.535. The molecule has 0 aromatic heterocycles. The molecule has 1 amide bonds. The quantitative estimate of drug-likeness (QED) is 0.710. The van der Waals surface area contributed by atoms with E-state index in [1.807, 2.05) is 13.8 Å². The summed E-state index contributed by atoms with van der Waals surface area (Å²) in [5, 5.41) is 6.05. The molecule has 1 heterocycles. The number of nitrogens with one attached hydrogen (secondary N) is 2. The number of hydrogen-bond acceptors (Lipinski definition) is 4. The van der Waals surface area contributed by atoms with E-state index in [4.69, 9.17) is 4.74 Å². The Morgan fingerprint density at radius 3 is 2.44 bits per heavy atom. The molecule has 1 saturated heterocycles. The fraction of sp³-hybridized carbons (Fsp3) is 0.846. The number of carbonyl (C=O) groups is 2. The lowest BCUT2D eigenvalue weighted by Gasteiger charge is -2.26. The summed E-state index contributed by atoms with van der Waals surface area (Å²) in [6.07, 6.45) is 1.67. The fourth-order valence-corrected chi connectivity index (χ4v) is 2.09. The fourth-order valence-electron chi connectivity index (χ4n) is 2.09. The van der Waals surface area contributed by atoms with Crippen molar-refractivity contribution < 1.29 is 14.3 Å². The zero-order valence-corrected chi connectivity index (χ0v) is 11.5. The van der Waals surface area contributed by atoms with Gasteiger partial charge in [0.2, 0.25) is 5.91 Å². The monoisotopic (exact) mass is 256 g/mol. The van der Waals surface area contributed by atoms with E-state index in [0.717, 1.165) is 25.9 Å². The topological polar surface area (TPSA) is 67.4 Å². The third kappa shape index (κ3) is 4.29. The van der Waals surface area contributed by atoms with Crippen molar-refractivity contribution >= 4 is 11.9 Å². The lowest BCUT2D eigenvalue weighted by atomic mass is 9.95. The molecule has 5 nitrogen and oxygen atoms in total. The molecule has 5 heteroatoms. The van der Waals surface area contributed by atoms with E-state index in [1.54, 1.807) is 6.92 Å². The van der Waals surface area contributed by atoms with Crippen LogP contribution in [-0.4, -0.2) is 37.6 Å². The molecule has 0 saturated carbocycles. The molecule has 0 bridgehead atoms. The molecule has 2 N–H and O–H groups in total. The van der Waals surface area contributed by atoms with Gasteiger partial charge >= 0.3 is 5.97 Å². The van der Waals surface area contributed by atoms with Gasteiger partial charge in [-0.15, -0.1) is 0 Å². The highest BCUT2D eigenvalue weighted by molar-refractivity contribution is 5.86. The van der Waals surface area contributed by atoms with Crippen molar-refractivity contribution in [2.45, 2.75) is 39.7 Å². The van der Waals surface area contributed by atoms with Crippen molar-refractivity contribution in [2.75, 3.05) is 19.7 Å². The summed E-state index contributed by atoms with van der Waals surface area (Å²) in [4.78, 5) is 23.8. The maximum Gasteiger partial charge on any atom is 0.328 e. The third-order valence-corrected chi connectivity index (χ3v) is 3.21. The summed E-state index contributed by atoms with van der Waals surface area (Å²) in [6.45, 7) is 7.65. The van der Waals surface area contributed by atoms with E-state index in [2.05, 4.69) is 10.6 Å². The van der Waals surface area contributed by atoms with Gasteiger partial charge in [0.25, 0.3) is 0 Å². The second-order valence-corrected chi connectivity index (χ2v) is 5.01. The molecule has 0 spiro atoms. The van der Waals surface area contributed by atoms with Crippen LogP contribution >= 0.6 is 0 Å². The van der Waals surface area contributed by atoms with Gasteiger partial charge in [-0.25, -0.2) is 4.79 Å². The van der Waals surface area contributed by atoms with Crippen LogP contribution in [0.3, 0.4) is 0 Å². The van der Waals surface area contributed by atoms with E-state index in [0.29, 0.717) is 6.61 Å². The van der Waals surface area contributed by atoms with Gasteiger partial charge in [-0.05, 0) is 38.8 Å². The van der Waals surface area contributed by atoms with Crippen LogP contribution < -0.4 is 10.6 Å². The maximum atomic E-state index is 12.1. The van der Waals surface area contributed by atoms with Crippen LogP contribution in [0.25, 0.3) is 0 Å². The number of ether oxygens (including phenoxy) is 1. The van der Waals surface area contributed by atoms with Crippen molar-refractivity contribution in [1.82, 2.24) is 10.6 Å². The van der Waals surface area contributed by atoms with Crippen molar-refractivity contribution in [3.8, 4) is 0 Å². The number of rotatable bonds is 5. The summed E-state index contributed by atoms with van der Waals surface area (Å²) < 4.78 is 4.99.